The number of benzene rings is 2. The number of carbonyl (C=O) groups is 1. The highest BCUT2D eigenvalue weighted by Gasteiger charge is 2.14. The standard InChI is InChI=1S/C18H19Cl2NO2/c1-4-11(2)12-5-7-14(8-6-12)21-18(22)13-9-15(19)17(23-3)16(20)10-13/h5-11H,4H2,1-3H3,(H,21,22). The highest BCUT2D eigenvalue weighted by atomic mass is 35.5. The Labute approximate surface area is 146 Å². The summed E-state index contributed by atoms with van der Waals surface area (Å²) in [6, 6.07) is 10.9. The molecule has 0 fully saturated rings. The van der Waals surface area contributed by atoms with Crippen molar-refractivity contribution in [3.63, 3.8) is 0 Å². The fourth-order valence-corrected chi connectivity index (χ4v) is 2.86. The van der Waals surface area contributed by atoms with Crippen LogP contribution in [0.25, 0.3) is 0 Å². The van der Waals surface area contributed by atoms with E-state index < -0.39 is 0 Å². The number of amides is 1. The summed E-state index contributed by atoms with van der Waals surface area (Å²) in [6.07, 6.45) is 1.08. The first-order valence-corrected chi connectivity index (χ1v) is 8.16. The first kappa shape index (κ1) is 17.6. The third kappa shape index (κ3) is 4.18. The number of ether oxygens (including phenoxy) is 1. The Morgan fingerprint density at radius 3 is 2.22 bits per heavy atom. The molecule has 23 heavy (non-hydrogen) atoms. The van der Waals surface area contributed by atoms with E-state index in [2.05, 4.69) is 19.2 Å². The van der Waals surface area contributed by atoms with Crippen molar-refractivity contribution in [1.82, 2.24) is 0 Å². The van der Waals surface area contributed by atoms with E-state index in [1.165, 1.54) is 24.8 Å². The number of hydrogen-bond acceptors (Lipinski definition) is 2. The molecule has 0 aromatic heterocycles. The van der Waals surface area contributed by atoms with Gasteiger partial charge in [0.15, 0.2) is 5.75 Å². The van der Waals surface area contributed by atoms with Crippen LogP contribution in [-0.4, -0.2) is 13.0 Å². The summed E-state index contributed by atoms with van der Waals surface area (Å²) in [4.78, 5) is 12.3. The van der Waals surface area contributed by atoms with Gasteiger partial charge in [0.1, 0.15) is 0 Å². The van der Waals surface area contributed by atoms with E-state index in [0.717, 1.165) is 12.1 Å². The van der Waals surface area contributed by atoms with Crippen LogP contribution in [0, 0.1) is 0 Å². The van der Waals surface area contributed by atoms with Crippen LogP contribution in [0.15, 0.2) is 36.4 Å². The maximum atomic E-state index is 12.3. The third-order valence-corrected chi connectivity index (χ3v) is 4.38. The van der Waals surface area contributed by atoms with Crippen molar-refractivity contribution in [2.45, 2.75) is 26.2 Å². The molecule has 1 N–H and O–H groups in total. The second-order valence-electron chi connectivity index (χ2n) is 5.36. The molecule has 122 valence electrons. The van der Waals surface area contributed by atoms with Crippen LogP contribution in [0.4, 0.5) is 5.69 Å². The van der Waals surface area contributed by atoms with Crippen molar-refractivity contribution in [1.29, 1.82) is 0 Å². The topological polar surface area (TPSA) is 38.3 Å². The zero-order chi connectivity index (χ0) is 17.0. The van der Waals surface area contributed by atoms with Crippen LogP contribution in [0.1, 0.15) is 42.1 Å². The van der Waals surface area contributed by atoms with E-state index in [4.69, 9.17) is 27.9 Å². The van der Waals surface area contributed by atoms with Crippen LogP contribution < -0.4 is 10.1 Å². The van der Waals surface area contributed by atoms with Crippen LogP contribution in [0.2, 0.25) is 10.0 Å². The highest BCUT2D eigenvalue weighted by molar-refractivity contribution is 6.37. The van der Waals surface area contributed by atoms with Crippen molar-refractivity contribution >= 4 is 34.8 Å². The molecule has 2 aromatic rings. The molecule has 0 saturated carbocycles. The number of methoxy groups -OCH3 is 1. The SMILES string of the molecule is CCC(C)c1ccc(NC(=O)c2cc(Cl)c(OC)c(Cl)c2)cc1. The Morgan fingerprint density at radius 1 is 1.17 bits per heavy atom. The van der Waals surface area contributed by atoms with Crippen LogP contribution in [0.5, 0.6) is 5.75 Å². The Kier molecular flexibility index (Phi) is 5.91. The summed E-state index contributed by atoms with van der Waals surface area (Å²) in [5, 5.41) is 3.44. The van der Waals surface area contributed by atoms with Crippen molar-refractivity contribution in [2.24, 2.45) is 0 Å². The number of carbonyl (C=O) groups excluding carboxylic acids is 1. The number of hydrogen-bond donors (Lipinski definition) is 1. The van der Waals surface area contributed by atoms with Gasteiger partial charge in [-0.1, -0.05) is 49.2 Å². The molecule has 2 rings (SSSR count). The zero-order valence-electron chi connectivity index (χ0n) is 13.3. The summed E-state index contributed by atoms with van der Waals surface area (Å²) in [6.45, 7) is 4.33. The van der Waals surface area contributed by atoms with Crippen LogP contribution in [0.3, 0.4) is 0 Å². The average molecular weight is 352 g/mol. The summed E-state index contributed by atoms with van der Waals surface area (Å²) in [7, 11) is 1.48. The minimum absolute atomic E-state index is 0.271. The van der Waals surface area contributed by atoms with Gasteiger partial charge in [0.2, 0.25) is 0 Å². The fraction of sp³-hybridized carbons (Fsp3) is 0.278. The monoisotopic (exact) mass is 351 g/mol. The summed E-state index contributed by atoms with van der Waals surface area (Å²) in [5.41, 5.74) is 2.36. The molecule has 1 unspecified atom stereocenters. The van der Waals surface area contributed by atoms with E-state index in [0.29, 0.717) is 27.3 Å². The smallest absolute Gasteiger partial charge is 0.255 e. The van der Waals surface area contributed by atoms with Gasteiger partial charge in [-0.15, -0.1) is 0 Å². The molecule has 3 nitrogen and oxygen atoms in total. The molecule has 1 amide bonds. The average Bonchev–Trinajstić information content (AvgIpc) is 2.54. The molecular weight excluding hydrogens is 333 g/mol. The Morgan fingerprint density at radius 2 is 1.74 bits per heavy atom. The fourth-order valence-electron chi connectivity index (χ4n) is 2.22. The molecule has 0 saturated heterocycles. The lowest BCUT2D eigenvalue weighted by Gasteiger charge is -2.11. The molecule has 0 aliphatic rings. The lowest BCUT2D eigenvalue weighted by atomic mass is 9.98. The first-order valence-electron chi connectivity index (χ1n) is 7.40. The van der Waals surface area contributed by atoms with E-state index in [1.54, 1.807) is 0 Å². The van der Waals surface area contributed by atoms with Gasteiger partial charge in [-0.2, -0.15) is 0 Å². The van der Waals surface area contributed by atoms with Gasteiger partial charge >= 0.3 is 0 Å². The number of nitrogens with one attached hydrogen (secondary N) is 1. The molecule has 0 radical (unpaired) electrons. The van der Waals surface area contributed by atoms with Crippen molar-refractivity contribution in [2.75, 3.05) is 12.4 Å². The number of halogens is 2. The van der Waals surface area contributed by atoms with Crippen LogP contribution in [-0.2, 0) is 0 Å². The summed E-state index contributed by atoms with van der Waals surface area (Å²) >= 11 is 12.1. The van der Waals surface area contributed by atoms with E-state index in [9.17, 15) is 4.79 Å². The molecule has 0 heterocycles. The van der Waals surface area contributed by atoms with E-state index in [1.807, 2.05) is 24.3 Å². The molecule has 2 aromatic carbocycles. The van der Waals surface area contributed by atoms with Gasteiger partial charge < -0.3 is 10.1 Å². The highest BCUT2D eigenvalue weighted by Crippen LogP contribution is 2.34. The Balaban J connectivity index is 2.16. The maximum absolute atomic E-state index is 12.3. The van der Waals surface area contributed by atoms with Crippen LogP contribution >= 0.6 is 23.2 Å². The molecule has 5 heteroatoms. The Hall–Kier alpha value is -1.71. The number of rotatable bonds is 5. The van der Waals surface area contributed by atoms with Gasteiger partial charge in [-0.3, -0.25) is 4.79 Å². The van der Waals surface area contributed by atoms with Gasteiger partial charge in [-0.25, -0.2) is 0 Å². The summed E-state index contributed by atoms with van der Waals surface area (Å²) < 4.78 is 5.08. The minimum atomic E-state index is -0.271. The van der Waals surface area contributed by atoms with E-state index >= 15 is 0 Å². The predicted octanol–water partition coefficient (Wildman–Crippen LogP) is 5.77. The number of anilines is 1. The molecule has 0 aliphatic carbocycles. The van der Waals surface area contributed by atoms with Gasteiger partial charge in [-0.05, 0) is 42.2 Å². The van der Waals surface area contributed by atoms with Gasteiger partial charge in [0, 0.05) is 11.3 Å². The van der Waals surface area contributed by atoms with E-state index in [-0.39, 0.29) is 5.91 Å². The predicted molar refractivity (Wildman–Crippen MR) is 96.1 cm³/mol. The van der Waals surface area contributed by atoms with Crippen molar-refractivity contribution in [3.05, 3.63) is 57.6 Å². The van der Waals surface area contributed by atoms with Gasteiger partial charge in [0.05, 0.1) is 17.2 Å². The van der Waals surface area contributed by atoms with Gasteiger partial charge in [0.25, 0.3) is 5.91 Å². The molecule has 0 bridgehead atoms. The van der Waals surface area contributed by atoms with Crippen molar-refractivity contribution in [3.8, 4) is 5.75 Å². The molecule has 0 spiro atoms. The molecule has 0 aliphatic heterocycles. The van der Waals surface area contributed by atoms with Crippen molar-refractivity contribution < 1.29 is 9.53 Å². The maximum Gasteiger partial charge on any atom is 0.255 e. The summed E-state index contributed by atoms with van der Waals surface area (Å²) in [5.74, 6) is 0.592. The lowest BCUT2D eigenvalue weighted by Crippen LogP contribution is -2.12. The quantitative estimate of drug-likeness (QED) is 0.742. The second-order valence-corrected chi connectivity index (χ2v) is 6.17. The zero-order valence-corrected chi connectivity index (χ0v) is 14.8. The second kappa shape index (κ2) is 7.71. The lowest BCUT2D eigenvalue weighted by molar-refractivity contribution is 0.102. The molecular formula is C18H19Cl2NO2. The third-order valence-electron chi connectivity index (χ3n) is 3.81. The minimum Gasteiger partial charge on any atom is -0.494 e. The molecule has 1 atom stereocenters. The first-order chi connectivity index (χ1) is 11.0. The largest absolute Gasteiger partial charge is 0.494 e. The Bertz CT molecular complexity index is 676. The normalized spacial score (nSPS) is 11.9.